The van der Waals surface area contributed by atoms with E-state index in [2.05, 4.69) is 9.71 Å². The summed E-state index contributed by atoms with van der Waals surface area (Å²) in [6.45, 7) is 1.74. The third kappa shape index (κ3) is 3.88. The number of benzene rings is 1. The highest BCUT2D eigenvalue weighted by molar-refractivity contribution is 7.89. The normalized spacial score (nSPS) is 12.6. The highest BCUT2D eigenvalue weighted by Crippen LogP contribution is 2.16. The average Bonchev–Trinajstić information content (AvgIpc) is 2.48. The minimum absolute atomic E-state index is 0.173. The summed E-state index contributed by atoms with van der Waals surface area (Å²) in [4.78, 5) is 4.31. The van der Waals surface area contributed by atoms with Gasteiger partial charge in [-0.2, -0.15) is 5.26 Å². The molecule has 0 aliphatic carbocycles. The molecule has 1 N–H and O–H groups in total. The van der Waals surface area contributed by atoms with E-state index < -0.39 is 16.1 Å². The lowest BCUT2D eigenvalue weighted by atomic mass is 10.2. The monoisotopic (exact) mass is 301 g/mol. The van der Waals surface area contributed by atoms with Crippen LogP contribution in [0.3, 0.4) is 0 Å². The first-order valence-corrected chi connectivity index (χ1v) is 7.90. The zero-order valence-electron chi connectivity index (χ0n) is 11.5. The van der Waals surface area contributed by atoms with Gasteiger partial charge < -0.3 is 0 Å². The van der Waals surface area contributed by atoms with Gasteiger partial charge in [-0.25, -0.2) is 13.1 Å². The fraction of sp³-hybridized carbons (Fsp3) is 0.200. The molecule has 1 unspecified atom stereocenters. The molecular formula is C15H15N3O2S. The van der Waals surface area contributed by atoms with Crippen molar-refractivity contribution in [1.82, 2.24) is 9.71 Å². The van der Waals surface area contributed by atoms with Crippen molar-refractivity contribution in [2.24, 2.45) is 0 Å². The predicted molar refractivity (Wildman–Crippen MR) is 78.7 cm³/mol. The maximum Gasteiger partial charge on any atom is 0.241 e. The van der Waals surface area contributed by atoms with E-state index in [4.69, 9.17) is 5.26 Å². The third-order valence-corrected chi connectivity index (χ3v) is 4.54. The summed E-state index contributed by atoms with van der Waals surface area (Å²) in [5.41, 5.74) is 1.44. The van der Waals surface area contributed by atoms with Gasteiger partial charge in [-0.05, 0) is 36.8 Å². The molecule has 108 valence electrons. The summed E-state index contributed by atoms with van der Waals surface area (Å²) in [6.07, 6.45) is 1.88. The molecule has 0 aliphatic heterocycles. The number of aromatic nitrogens is 1. The SMILES string of the molecule is CC(NS(=O)(=O)c1ccc(CC#N)cc1)c1ccccn1. The number of hydrogen-bond acceptors (Lipinski definition) is 4. The van der Waals surface area contributed by atoms with Gasteiger partial charge in [0.1, 0.15) is 0 Å². The van der Waals surface area contributed by atoms with Gasteiger partial charge in [-0.1, -0.05) is 18.2 Å². The van der Waals surface area contributed by atoms with Crippen molar-refractivity contribution in [3.05, 3.63) is 59.9 Å². The van der Waals surface area contributed by atoms with Gasteiger partial charge >= 0.3 is 0 Å². The molecule has 1 heterocycles. The quantitative estimate of drug-likeness (QED) is 0.917. The molecule has 1 atom stereocenters. The molecule has 0 radical (unpaired) electrons. The summed E-state index contributed by atoms with van der Waals surface area (Å²) < 4.78 is 27.1. The van der Waals surface area contributed by atoms with E-state index in [9.17, 15) is 8.42 Å². The molecule has 2 rings (SSSR count). The summed E-state index contributed by atoms with van der Waals surface area (Å²) in [5, 5.41) is 8.61. The van der Waals surface area contributed by atoms with Gasteiger partial charge in [-0.3, -0.25) is 4.98 Å². The zero-order chi connectivity index (χ0) is 15.3. The first-order valence-electron chi connectivity index (χ1n) is 6.42. The minimum atomic E-state index is -3.61. The highest BCUT2D eigenvalue weighted by Gasteiger charge is 2.18. The van der Waals surface area contributed by atoms with Crippen LogP contribution in [0.5, 0.6) is 0 Å². The number of nitriles is 1. The van der Waals surface area contributed by atoms with Crippen molar-refractivity contribution in [3.8, 4) is 6.07 Å². The van der Waals surface area contributed by atoms with Gasteiger partial charge in [0.2, 0.25) is 10.0 Å². The van der Waals surface area contributed by atoms with Crippen LogP contribution < -0.4 is 4.72 Å². The van der Waals surface area contributed by atoms with Gasteiger partial charge in [0.25, 0.3) is 0 Å². The summed E-state index contributed by atoms with van der Waals surface area (Å²) in [5.74, 6) is 0. The van der Waals surface area contributed by atoms with Crippen LogP contribution in [0.15, 0.2) is 53.6 Å². The number of pyridine rings is 1. The zero-order valence-corrected chi connectivity index (χ0v) is 12.3. The van der Waals surface area contributed by atoms with Crippen molar-refractivity contribution in [1.29, 1.82) is 5.26 Å². The summed E-state index contributed by atoms with van der Waals surface area (Å²) in [7, 11) is -3.61. The molecule has 0 spiro atoms. The summed E-state index contributed by atoms with van der Waals surface area (Å²) >= 11 is 0. The van der Waals surface area contributed by atoms with E-state index in [-0.39, 0.29) is 11.3 Å². The van der Waals surface area contributed by atoms with Gasteiger partial charge in [0.05, 0.1) is 29.1 Å². The third-order valence-electron chi connectivity index (χ3n) is 2.98. The fourth-order valence-corrected chi connectivity index (χ4v) is 3.09. The van der Waals surface area contributed by atoms with Crippen LogP contribution in [0.25, 0.3) is 0 Å². The Kier molecular flexibility index (Phi) is 4.68. The van der Waals surface area contributed by atoms with Gasteiger partial charge in [0.15, 0.2) is 0 Å². The Labute approximate surface area is 124 Å². The number of nitrogens with zero attached hydrogens (tertiary/aromatic N) is 2. The lowest BCUT2D eigenvalue weighted by Gasteiger charge is -2.13. The molecule has 2 aromatic rings. The Morgan fingerprint density at radius 3 is 2.52 bits per heavy atom. The van der Waals surface area contributed by atoms with E-state index in [1.54, 1.807) is 37.4 Å². The first kappa shape index (κ1) is 15.2. The molecule has 0 fully saturated rings. The molecule has 21 heavy (non-hydrogen) atoms. The molecule has 0 bridgehead atoms. The number of rotatable bonds is 5. The Balaban J connectivity index is 2.17. The van der Waals surface area contributed by atoms with Gasteiger partial charge in [0, 0.05) is 6.20 Å². The van der Waals surface area contributed by atoms with Crippen LogP contribution in [0, 0.1) is 11.3 Å². The molecule has 0 saturated heterocycles. The van der Waals surface area contributed by atoms with E-state index in [1.807, 2.05) is 12.1 Å². The van der Waals surface area contributed by atoms with E-state index in [0.29, 0.717) is 5.69 Å². The van der Waals surface area contributed by atoms with E-state index in [1.165, 1.54) is 12.1 Å². The van der Waals surface area contributed by atoms with Crippen molar-refractivity contribution in [3.63, 3.8) is 0 Å². The molecule has 1 aromatic heterocycles. The van der Waals surface area contributed by atoms with Crippen LogP contribution in [0.2, 0.25) is 0 Å². The van der Waals surface area contributed by atoms with Crippen molar-refractivity contribution in [2.45, 2.75) is 24.3 Å². The smallest absolute Gasteiger partial charge is 0.241 e. The van der Waals surface area contributed by atoms with E-state index in [0.717, 1.165) is 5.56 Å². The van der Waals surface area contributed by atoms with Crippen molar-refractivity contribution >= 4 is 10.0 Å². The molecule has 5 nitrogen and oxygen atoms in total. The Hall–Kier alpha value is -2.23. The highest BCUT2D eigenvalue weighted by atomic mass is 32.2. The van der Waals surface area contributed by atoms with Crippen molar-refractivity contribution in [2.75, 3.05) is 0 Å². The number of nitrogens with one attached hydrogen (secondary N) is 1. The average molecular weight is 301 g/mol. The number of hydrogen-bond donors (Lipinski definition) is 1. The first-order chi connectivity index (χ1) is 10.0. The molecule has 6 heteroatoms. The summed E-state index contributed by atoms with van der Waals surface area (Å²) in [6, 6.07) is 13.2. The lowest BCUT2D eigenvalue weighted by Crippen LogP contribution is -2.27. The number of sulfonamides is 1. The maximum absolute atomic E-state index is 12.3. The molecule has 0 aliphatic rings. The molecule has 0 saturated carbocycles. The van der Waals surface area contributed by atoms with Crippen LogP contribution in [0.1, 0.15) is 24.2 Å². The van der Waals surface area contributed by atoms with E-state index >= 15 is 0 Å². The van der Waals surface area contributed by atoms with Crippen LogP contribution >= 0.6 is 0 Å². The minimum Gasteiger partial charge on any atom is -0.260 e. The standard InChI is InChI=1S/C15H15N3O2S/c1-12(15-4-2-3-11-17-15)18-21(19,20)14-7-5-13(6-8-14)9-10-16/h2-8,11-12,18H,9H2,1H3. The molecule has 1 aromatic carbocycles. The second-order valence-corrected chi connectivity index (χ2v) is 6.29. The second kappa shape index (κ2) is 6.48. The van der Waals surface area contributed by atoms with Crippen molar-refractivity contribution < 1.29 is 8.42 Å². The molecular weight excluding hydrogens is 286 g/mol. The Bertz CT molecular complexity index is 735. The Morgan fingerprint density at radius 1 is 1.24 bits per heavy atom. The topological polar surface area (TPSA) is 82.9 Å². The second-order valence-electron chi connectivity index (χ2n) is 4.58. The predicted octanol–water partition coefficient (Wildman–Crippen LogP) is 2.19. The molecule has 0 amide bonds. The largest absolute Gasteiger partial charge is 0.260 e. The van der Waals surface area contributed by atoms with Crippen LogP contribution in [0.4, 0.5) is 0 Å². The maximum atomic E-state index is 12.3. The fourth-order valence-electron chi connectivity index (χ4n) is 1.87. The Morgan fingerprint density at radius 2 is 1.95 bits per heavy atom. The lowest BCUT2D eigenvalue weighted by molar-refractivity contribution is 0.564. The van der Waals surface area contributed by atoms with Crippen LogP contribution in [-0.4, -0.2) is 13.4 Å². The van der Waals surface area contributed by atoms with Crippen LogP contribution in [-0.2, 0) is 16.4 Å². The van der Waals surface area contributed by atoms with Gasteiger partial charge in [-0.15, -0.1) is 0 Å².